The molecule has 1 amide bonds. The van der Waals surface area contributed by atoms with Gasteiger partial charge in [0, 0.05) is 17.7 Å². The van der Waals surface area contributed by atoms with Gasteiger partial charge in [-0.25, -0.2) is 0 Å². The lowest BCUT2D eigenvalue weighted by Gasteiger charge is -2.18. The van der Waals surface area contributed by atoms with Gasteiger partial charge < -0.3 is 9.84 Å². The molecule has 0 radical (unpaired) electrons. The van der Waals surface area contributed by atoms with Crippen LogP contribution in [-0.2, 0) is 11.2 Å². The van der Waals surface area contributed by atoms with Crippen molar-refractivity contribution in [1.82, 2.24) is 15.5 Å². The molecule has 1 aromatic carbocycles. The third-order valence-corrected chi connectivity index (χ3v) is 5.84. The van der Waals surface area contributed by atoms with Gasteiger partial charge in [0.25, 0.3) is 0 Å². The Morgan fingerprint density at radius 2 is 1.85 bits per heavy atom. The summed E-state index contributed by atoms with van der Waals surface area (Å²) < 4.78 is 5.27. The number of carbonyl (C=O) groups excluding carboxylic acids is 1. The van der Waals surface area contributed by atoms with Crippen LogP contribution in [0.2, 0.25) is 0 Å². The number of nitrogens with one attached hydrogen (secondary N) is 1. The number of amides is 1. The van der Waals surface area contributed by atoms with E-state index in [0.717, 1.165) is 15.3 Å². The number of hydrogen-bond acceptors (Lipinski definition) is 6. The molecule has 0 aliphatic heterocycles. The number of carbonyl (C=O) groups is 1. The quantitative estimate of drug-likeness (QED) is 0.493. The summed E-state index contributed by atoms with van der Waals surface area (Å²) in [6.45, 7) is 0. The Morgan fingerprint density at radius 3 is 2.59 bits per heavy atom. The molecule has 0 saturated heterocycles. The van der Waals surface area contributed by atoms with E-state index < -0.39 is 0 Å². The van der Waals surface area contributed by atoms with Gasteiger partial charge in [-0.15, -0.1) is 22.7 Å². The van der Waals surface area contributed by atoms with Crippen molar-refractivity contribution in [2.24, 2.45) is 0 Å². The van der Waals surface area contributed by atoms with E-state index in [1.54, 1.807) is 22.7 Å². The lowest BCUT2D eigenvalue weighted by atomic mass is 10.1. The second-order valence-corrected chi connectivity index (χ2v) is 7.84. The van der Waals surface area contributed by atoms with E-state index in [2.05, 4.69) is 15.5 Å². The fraction of sp³-hybridized carbons (Fsp3) is 0.150. The maximum Gasteiger partial charge on any atom is 0.227 e. The summed E-state index contributed by atoms with van der Waals surface area (Å²) in [6.07, 6.45) is 0.705. The second-order valence-electron chi connectivity index (χ2n) is 5.92. The SMILES string of the molecule is O=C(CCc1nc(-c2cccs2)no1)NC(c1ccccc1)c1cccs1. The number of thiophene rings is 2. The summed E-state index contributed by atoms with van der Waals surface area (Å²) in [6, 6.07) is 17.7. The van der Waals surface area contributed by atoms with E-state index in [0.29, 0.717) is 24.6 Å². The van der Waals surface area contributed by atoms with E-state index >= 15 is 0 Å². The third kappa shape index (κ3) is 4.32. The molecule has 27 heavy (non-hydrogen) atoms. The standard InChI is InChI=1S/C20H17N3O2S2/c24-17(10-11-18-22-20(23-25-18)16-9-5-13-27-16)21-19(15-8-4-12-26-15)14-6-2-1-3-7-14/h1-9,12-13,19H,10-11H2,(H,21,24). The molecule has 7 heteroatoms. The second kappa shape index (κ2) is 8.28. The zero-order valence-electron chi connectivity index (χ0n) is 14.4. The highest BCUT2D eigenvalue weighted by atomic mass is 32.1. The number of aryl methyl sites for hydroxylation is 1. The number of rotatable bonds is 7. The molecule has 0 spiro atoms. The molecular weight excluding hydrogens is 378 g/mol. The van der Waals surface area contributed by atoms with E-state index in [9.17, 15) is 4.79 Å². The lowest BCUT2D eigenvalue weighted by Crippen LogP contribution is -2.29. The predicted molar refractivity (Wildman–Crippen MR) is 107 cm³/mol. The minimum absolute atomic E-state index is 0.0480. The zero-order chi connectivity index (χ0) is 18.5. The van der Waals surface area contributed by atoms with Crippen molar-refractivity contribution < 1.29 is 9.32 Å². The predicted octanol–water partition coefficient (Wildman–Crippen LogP) is 4.70. The van der Waals surface area contributed by atoms with Gasteiger partial charge >= 0.3 is 0 Å². The molecule has 0 aliphatic rings. The van der Waals surface area contributed by atoms with Gasteiger partial charge in [0.1, 0.15) is 0 Å². The van der Waals surface area contributed by atoms with Crippen LogP contribution >= 0.6 is 22.7 Å². The summed E-state index contributed by atoms with van der Waals surface area (Å²) >= 11 is 3.18. The van der Waals surface area contributed by atoms with Crippen LogP contribution in [0.5, 0.6) is 0 Å². The first-order chi connectivity index (χ1) is 13.3. The Kier molecular flexibility index (Phi) is 5.41. The molecule has 4 aromatic rings. The normalized spacial score (nSPS) is 12.0. The molecule has 0 saturated carbocycles. The first-order valence-electron chi connectivity index (χ1n) is 8.54. The Hall–Kier alpha value is -2.77. The molecular formula is C20H17N3O2S2. The van der Waals surface area contributed by atoms with Crippen molar-refractivity contribution in [3.63, 3.8) is 0 Å². The maximum atomic E-state index is 12.5. The molecule has 1 atom stereocenters. The highest BCUT2D eigenvalue weighted by molar-refractivity contribution is 7.13. The molecule has 0 aliphatic carbocycles. The maximum absolute atomic E-state index is 12.5. The van der Waals surface area contributed by atoms with Gasteiger partial charge in [-0.05, 0) is 28.5 Å². The van der Waals surface area contributed by atoms with Crippen molar-refractivity contribution in [2.45, 2.75) is 18.9 Å². The molecule has 1 unspecified atom stereocenters. The van der Waals surface area contributed by atoms with Crippen LogP contribution in [-0.4, -0.2) is 16.0 Å². The summed E-state index contributed by atoms with van der Waals surface area (Å²) in [5, 5.41) is 11.1. The van der Waals surface area contributed by atoms with Gasteiger partial charge in [0.2, 0.25) is 17.6 Å². The Bertz CT molecular complexity index is 980. The molecule has 1 N–H and O–H groups in total. The van der Waals surface area contributed by atoms with Crippen molar-refractivity contribution in [1.29, 1.82) is 0 Å². The average molecular weight is 396 g/mol. The van der Waals surface area contributed by atoms with Gasteiger partial charge in [-0.2, -0.15) is 4.98 Å². The van der Waals surface area contributed by atoms with Gasteiger partial charge in [-0.1, -0.05) is 47.6 Å². The van der Waals surface area contributed by atoms with Crippen LogP contribution in [0.1, 0.15) is 28.8 Å². The molecule has 5 nitrogen and oxygen atoms in total. The van der Waals surface area contributed by atoms with Crippen LogP contribution < -0.4 is 5.32 Å². The van der Waals surface area contributed by atoms with Crippen LogP contribution in [0.25, 0.3) is 10.7 Å². The van der Waals surface area contributed by atoms with Gasteiger partial charge in [0.05, 0.1) is 10.9 Å². The highest BCUT2D eigenvalue weighted by Crippen LogP contribution is 2.26. The fourth-order valence-electron chi connectivity index (χ4n) is 2.74. The molecule has 3 heterocycles. The van der Waals surface area contributed by atoms with Crippen molar-refractivity contribution in [2.75, 3.05) is 0 Å². The van der Waals surface area contributed by atoms with E-state index in [4.69, 9.17) is 4.52 Å². The Morgan fingerprint density at radius 1 is 1.04 bits per heavy atom. The smallest absolute Gasteiger partial charge is 0.227 e. The number of benzene rings is 1. The monoisotopic (exact) mass is 395 g/mol. The van der Waals surface area contributed by atoms with Gasteiger partial charge in [0.15, 0.2) is 0 Å². The van der Waals surface area contributed by atoms with Crippen LogP contribution in [0.15, 0.2) is 69.9 Å². The summed E-state index contributed by atoms with van der Waals surface area (Å²) in [5.41, 5.74) is 1.06. The summed E-state index contributed by atoms with van der Waals surface area (Å²) in [7, 11) is 0. The summed E-state index contributed by atoms with van der Waals surface area (Å²) in [4.78, 5) is 19.0. The van der Waals surface area contributed by atoms with Crippen molar-refractivity contribution >= 4 is 28.6 Å². The Labute approximate surface area is 164 Å². The number of hydrogen-bond donors (Lipinski definition) is 1. The highest BCUT2D eigenvalue weighted by Gasteiger charge is 2.18. The van der Waals surface area contributed by atoms with E-state index in [1.807, 2.05) is 65.4 Å². The van der Waals surface area contributed by atoms with Crippen LogP contribution in [0.3, 0.4) is 0 Å². The molecule has 0 fully saturated rings. The lowest BCUT2D eigenvalue weighted by molar-refractivity contribution is -0.121. The molecule has 0 bridgehead atoms. The van der Waals surface area contributed by atoms with Crippen molar-refractivity contribution in [3.8, 4) is 10.7 Å². The van der Waals surface area contributed by atoms with Crippen LogP contribution in [0, 0.1) is 0 Å². The van der Waals surface area contributed by atoms with E-state index in [1.165, 1.54) is 0 Å². The number of aromatic nitrogens is 2. The number of nitrogens with zero attached hydrogens (tertiary/aromatic N) is 2. The van der Waals surface area contributed by atoms with Gasteiger partial charge in [-0.3, -0.25) is 4.79 Å². The minimum Gasteiger partial charge on any atom is -0.344 e. The summed E-state index contributed by atoms with van der Waals surface area (Å²) in [5.74, 6) is 0.996. The zero-order valence-corrected chi connectivity index (χ0v) is 16.0. The van der Waals surface area contributed by atoms with Crippen molar-refractivity contribution in [3.05, 3.63) is 81.7 Å². The molecule has 3 aromatic heterocycles. The Balaban J connectivity index is 1.40. The first kappa shape index (κ1) is 17.6. The first-order valence-corrected chi connectivity index (χ1v) is 10.3. The third-order valence-electron chi connectivity index (χ3n) is 4.04. The minimum atomic E-state index is -0.150. The van der Waals surface area contributed by atoms with E-state index in [-0.39, 0.29) is 11.9 Å². The fourth-order valence-corrected chi connectivity index (χ4v) is 4.19. The topological polar surface area (TPSA) is 68.0 Å². The largest absolute Gasteiger partial charge is 0.344 e. The average Bonchev–Trinajstić information content (AvgIpc) is 3.47. The molecule has 4 rings (SSSR count). The van der Waals surface area contributed by atoms with Crippen LogP contribution in [0.4, 0.5) is 0 Å². The molecule has 136 valence electrons.